The van der Waals surface area contributed by atoms with E-state index in [9.17, 15) is 4.79 Å². The molecule has 2 heterocycles. The summed E-state index contributed by atoms with van der Waals surface area (Å²) >= 11 is 0. The van der Waals surface area contributed by atoms with Crippen LogP contribution in [0.25, 0.3) is 22.2 Å². The molecule has 0 fully saturated rings. The average Bonchev–Trinajstić information content (AvgIpc) is 2.43. The molecule has 19 heavy (non-hydrogen) atoms. The first-order valence-corrected chi connectivity index (χ1v) is 5.97. The molecule has 1 aromatic carbocycles. The van der Waals surface area contributed by atoms with E-state index in [4.69, 9.17) is 5.73 Å². The topological polar surface area (TPSA) is 60.9 Å². The first kappa shape index (κ1) is 11.5. The number of nitrogens with zero attached hydrogens (tertiary/aromatic N) is 2. The smallest absolute Gasteiger partial charge is 0.273 e. The van der Waals surface area contributed by atoms with Crippen LogP contribution in [0, 0.1) is 0 Å². The van der Waals surface area contributed by atoms with Crippen LogP contribution in [0.5, 0.6) is 0 Å². The number of hydrogen-bond acceptors (Lipinski definition) is 3. The van der Waals surface area contributed by atoms with Crippen molar-refractivity contribution in [2.45, 2.75) is 0 Å². The summed E-state index contributed by atoms with van der Waals surface area (Å²) in [4.78, 5) is 16.2. The molecule has 0 aliphatic rings. The Kier molecular flexibility index (Phi) is 2.56. The van der Waals surface area contributed by atoms with Gasteiger partial charge in [0.15, 0.2) is 0 Å². The van der Waals surface area contributed by atoms with Gasteiger partial charge in [0.25, 0.3) is 5.56 Å². The van der Waals surface area contributed by atoms with E-state index < -0.39 is 0 Å². The first-order chi connectivity index (χ1) is 9.15. The molecule has 0 unspecified atom stereocenters. The molecule has 3 rings (SSSR count). The molecular formula is C15H13N3O. The summed E-state index contributed by atoms with van der Waals surface area (Å²) < 4.78 is 1.47. The van der Waals surface area contributed by atoms with Crippen molar-refractivity contribution in [2.24, 2.45) is 7.05 Å². The second-order valence-corrected chi connectivity index (χ2v) is 4.49. The molecule has 2 aromatic heterocycles. The Hall–Kier alpha value is -2.62. The van der Waals surface area contributed by atoms with Gasteiger partial charge in [-0.3, -0.25) is 4.79 Å². The third-order valence-corrected chi connectivity index (χ3v) is 3.11. The van der Waals surface area contributed by atoms with Crippen LogP contribution in [0.3, 0.4) is 0 Å². The minimum atomic E-state index is -0.190. The highest BCUT2D eigenvalue weighted by Crippen LogP contribution is 2.21. The third-order valence-electron chi connectivity index (χ3n) is 3.11. The highest BCUT2D eigenvalue weighted by atomic mass is 16.1. The normalized spacial score (nSPS) is 10.8. The summed E-state index contributed by atoms with van der Waals surface area (Å²) in [5.74, 6) is 0. The Morgan fingerprint density at radius 3 is 2.74 bits per heavy atom. The number of nitrogens with two attached hydrogens (primary N) is 1. The lowest BCUT2D eigenvalue weighted by Gasteiger charge is -2.06. The predicted octanol–water partition coefficient (Wildman–Crippen LogP) is 2.18. The molecule has 0 atom stereocenters. The summed E-state index contributed by atoms with van der Waals surface area (Å²) in [7, 11) is 1.68. The molecule has 0 saturated heterocycles. The molecule has 0 saturated carbocycles. The van der Waals surface area contributed by atoms with Crippen LogP contribution in [0.2, 0.25) is 0 Å². The maximum atomic E-state index is 11.6. The molecule has 0 aliphatic heterocycles. The lowest BCUT2D eigenvalue weighted by atomic mass is 10.1. The maximum Gasteiger partial charge on any atom is 0.273 e. The van der Waals surface area contributed by atoms with Gasteiger partial charge in [-0.1, -0.05) is 24.3 Å². The number of aryl methyl sites for hydroxylation is 1. The molecule has 4 heteroatoms. The van der Waals surface area contributed by atoms with Crippen molar-refractivity contribution in [2.75, 3.05) is 5.73 Å². The van der Waals surface area contributed by atoms with Crippen molar-refractivity contribution >= 4 is 16.6 Å². The number of pyridine rings is 2. The summed E-state index contributed by atoms with van der Waals surface area (Å²) in [6.07, 6.45) is 1.75. The van der Waals surface area contributed by atoms with Crippen LogP contribution in [-0.2, 0) is 7.05 Å². The monoisotopic (exact) mass is 251 g/mol. The lowest BCUT2D eigenvalue weighted by Crippen LogP contribution is -2.19. The van der Waals surface area contributed by atoms with Crippen molar-refractivity contribution in [3.8, 4) is 11.3 Å². The predicted molar refractivity (Wildman–Crippen MR) is 76.8 cm³/mol. The fraction of sp³-hybridized carbons (Fsp3) is 0.0667. The number of rotatable bonds is 1. The quantitative estimate of drug-likeness (QED) is 0.721. The van der Waals surface area contributed by atoms with Crippen LogP contribution in [-0.4, -0.2) is 9.55 Å². The van der Waals surface area contributed by atoms with Crippen LogP contribution in [0.15, 0.2) is 53.5 Å². The molecule has 0 bridgehead atoms. The van der Waals surface area contributed by atoms with Gasteiger partial charge in [-0.15, -0.1) is 0 Å². The fourth-order valence-corrected chi connectivity index (χ4v) is 2.10. The summed E-state index contributed by atoms with van der Waals surface area (Å²) in [5, 5.41) is 1.09. The molecule has 3 aromatic rings. The number of anilines is 1. The Bertz CT molecular complexity index is 795. The van der Waals surface area contributed by atoms with Crippen molar-refractivity contribution in [3.63, 3.8) is 0 Å². The van der Waals surface area contributed by atoms with Gasteiger partial charge in [0.1, 0.15) is 0 Å². The zero-order valence-corrected chi connectivity index (χ0v) is 10.5. The van der Waals surface area contributed by atoms with Gasteiger partial charge in [0.2, 0.25) is 0 Å². The van der Waals surface area contributed by atoms with E-state index in [1.165, 1.54) is 4.57 Å². The lowest BCUT2D eigenvalue weighted by molar-refractivity contribution is 0.865. The number of aromatic nitrogens is 2. The fourth-order valence-electron chi connectivity index (χ4n) is 2.10. The molecule has 2 N–H and O–H groups in total. The van der Waals surface area contributed by atoms with E-state index >= 15 is 0 Å². The highest BCUT2D eigenvalue weighted by Gasteiger charge is 2.05. The van der Waals surface area contributed by atoms with Gasteiger partial charge in [0.05, 0.1) is 16.9 Å². The van der Waals surface area contributed by atoms with E-state index in [0.29, 0.717) is 0 Å². The van der Waals surface area contributed by atoms with Crippen LogP contribution in [0.4, 0.5) is 5.69 Å². The third kappa shape index (κ3) is 1.97. The van der Waals surface area contributed by atoms with Crippen molar-refractivity contribution in [3.05, 3.63) is 59.0 Å². The Morgan fingerprint density at radius 2 is 1.95 bits per heavy atom. The van der Waals surface area contributed by atoms with E-state index in [1.807, 2.05) is 36.4 Å². The van der Waals surface area contributed by atoms with E-state index in [0.717, 1.165) is 22.2 Å². The van der Waals surface area contributed by atoms with E-state index in [-0.39, 0.29) is 11.2 Å². The number of fused-ring (bicyclic) bond motifs is 1. The Labute approximate surface area is 110 Å². The SMILES string of the molecule is Cn1cc(-c2ccc3ccccc3n2)cc(N)c1=O. The molecular weight excluding hydrogens is 238 g/mol. The molecule has 0 aliphatic carbocycles. The molecule has 0 amide bonds. The molecule has 4 nitrogen and oxygen atoms in total. The number of benzene rings is 1. The second kappa shape index (κ2) is 4.24. The van der Waals surface area contributed by atoms with Crippen molar-refractivity contribution in [1.82, 2.24) is 9.55 Å². The first-order valence-electron chi connectivity index (χ1n) is 5.97. The zero-order valence-electron chi connectivity index (χ0n) is 10.5. The van der Waals surface area contributed by atoms with Gasteiger partial charge < -0.3 is 10.3 Å². The van der Waals surface area contributed by atoms with Gasteiger partial charge >= 0.3 is 0 Å². The number of hydrogen-bond donors (Lipinski definition) is 1. The molecule has 0 spiro atoms. The molecule has 94 valence electrons. The molecule has 0 radical (unpaired) electrons. The maximum absolute atomic E-state index is 11.6. The van der Waals surface area contributed by atoms with Gasteiger partial charge in [0, 0.05) is 24.2 Å². The minimum absolute atomic E-state index is 0.190. The van der Waals surface area contributed by atoms with Gasteiger partial charge in [-0.05, 0) is 18.2 Å². The van der Waals surface area contributed by atoms with Crippen molar-refractivity contribution < 1.29 is 0 Å². The highest BCUT2D eigenvalue weighted by molar-refractivity contribution is 5.81. The standard InChI is InChI=1S/C15H13N3O/c1-18-9-11(8-12(16)15(18)19)14-7-6-10-4-2-3-5-13(10)17-14/h2-9H,16H2,1H3. The zero-order chi connectivity index (χ0) is 13.4. The Balaban J connectivity index is 2.21. The number of para-hydroxylation sites is 1. The van der Waals surface area contributed by atoms with E-state index in [1.54, 1.807) is 19.3 Å². The minimum Gasteiger partial charge on any atom is -0.394 e. The largest absolute Gasteiger partial charge is 0.394 e. The summed E-state index contributed by atoms with van der Waals surface area (Å²) in [6.45, 7) is 0. The van der Waals surface area contributed by atoms with Gasteiger partial charge in [-0.2, -0.15) is 0 Å². The Morgan fingerprint density at radius 1 is 1.16 bits per heavy atom. The number of nitrogen functional groups attached to an aromatic ring is 1. The van der Waals surface area contributed by atoms with Crippen LogP contribution >= 0.6 is 0 Å². The average molecular weight is 251 g/mol. The summed E-state index contributed by atoms with van der Waals surface area (Å²) in [5.41, 5.74) is 8.32. The van der Waals surface area contributed by atoms with E-state index in [2.05, 4.69) is 4.98 Å². The van der Waals surface area contributed by atoms with Crippen LogP contribution < -0.4 is 11.3 Å². The second-order valence-electron chi connectivity index (χ2n) is 4.49. The van der Waals surface area contributed by atoms with Crippen molar-refractivity contribution in [1.29, 1.82) is 0 Å². The summed E-state index contributed by atoms with van der Waals surface area (Å²) in [6, 6.07) is 13.5. The van der Waals surface area contributed by atoms with Gasteiger partial charge in [-0.25, -0.2) is 4.98 Å². The van der Waals surface area contributed by atoms with Crippen LogP contribution in [0.1, 0.15) is 0 Å².